The first-order valence-electron chi connectivity index (χ1n) is 12.6. The average molecular weight is 636 g/mol. The standard InChI is InChI=1S/C24H16N2.2C4H9.2ClH.Sn/c1-3-7-17(8-4-1)19-13-15-25-23-21(19)11-12-22-20(14-16-26-24(22)23)18-9-5-2-6-10-18;2*1-4(2)3;;;/h1-16H;2*1-3H3;2*1H;/q;;;;;+2/p-2. The summed E-state index contributed by atoms with van der Waals surface area (Å²) in [4.78, 5) is 9.34. The van der Waals surface area contributed by atoms with Gasteiger partial charge >= 0.3 is 82.4 Å². The molecule has 2 aromatic heterocycles. The van der Waals surface area contributed by atoms with Gasteiger partial charge in [0.25, 0.3) is 0 Å². The van der Waals surface area contributed by atoms with Crippen LogP contribution in [0.25, 0.3) is 44.1 Å². The number of nitrogens with zero attached hydrogens (tertiary/aromatic N) is 2. The number of hydrogen-bond donors (Lipinski definition) is 0. The van der Waals surface area contributed by atoms with Crippen LogP contribution >= 0.6 is 17.8 Å². The van der Waals surface area contributed by atoms with E-state index in [0.717, 1.165) is 21.8 Å². The Kier molecular flexibility index (Phi) is 8.23. The predicted octanol–water partition coefficient (Wildman–Crippen LogP) is 10.6. The van der Waals surface area contributed by atoms with E-state index in [1.54, 1.807) is 0 Å². The number of rotatable bonds is 2. The Bertz CT molecular complexity index is 1390. The van der Waals surface area contributed by atoms with E-state index in [1.807, 2.05) is 24.5 Å². The first-order valence-corrected chi connectivity index (χ1v) is 22.7. The number of aromatic nitrogens is 2. The fourth-order valence-electron chi connectivity index (χ4n) is 4.69. The molecule has 0 saturated heterocycles. The van der Waals surface area contributed by atoms with Crippen molar-refractivity contribution in [1.29, 1.82) is 0 Å². The molecule has 5 aromatic rings. The number of halogens is 2. The summed E-state index contributed by atoms with van der Waals surface area (Å²) in [6.45, 7) is 12.9. The minimum absolute atomic E-state index is 0.121. The Morgan fingerprint density at radius 2 is 0.865 bits per heavy atom. The molecule has 0 bridgehead atoms. The van der Waals surface area contributed by atoms with Crippen molar-refractivity contribution in [2.24, 2.45) is 0 Å². The smallest absolute Gasteiger partial charge is 0.0970 e. The molecule has 2 nitrogen and oxygen atoms in total. The number of benzene rings is 3. The van der Waals surface area contributed by atoms with Gasteiger partial charge in [0, 0.05) is 23.2 Å². The summed E-state index contributed by atoms with van der Waals surface area (Å²) in [5.41, 5.74) is 6.65. The van der Waals surface area contributed by atoms with E-state index in [0.29, 0.717) is 0 Å². The number of pyridine rings is 2. The zero-order chi connectivity index (χ0) is 26.8. The van der Waals surface area contributed by atoms with Crippen LogP contribution in [0.4, 0.5) is 0 Å². The molecule has 0 saturated carbocycles. The number of hydrogen-bond acceptors (Lipinski definition) is 2. The zero-order valence-corrected chi connectivity index (χ0v) is 26.8. The van der Waals surface area contributed by atoms with E-state index < -0.39 is 16.1 Å². The fourth-order valence-corrected chi connectivity index (χ4v) is 11.1. The van der Waals surface area contributed by atoms with Crippen molar-refractivity contribution in [3.63, 3.8) is 0 Å². The Balaban J connectivity index is 0.000000249. The Hall–Kier alpha value is -2.14. The Labute approximate surface area is 232 Å². The summed E-state index contributed by atoms with van der Waals surface area (Å²) < 4.78 is 0.242. The molecule has 5 heteroatoms. The molecule has 190 valence electrons. The van der Waals surface area contributed by atoms with Gasteiger partial charge in [-0.15, -0.1) is 0 Å². The van der Waals surface area contributed by atoms with Gasteiger partial charge in [0.15, 0.2) is 0 Å². The first-order chi connectivity index (χ1) is 17.4. The van der Waals surface area contributed by atoms with E-state index in [2.05, 4.69) is 124 Å². The van der Waals surface area contributed by atoms with Crippen molar-refractivity contribution in [2.75, 3.05) is 0 Å². The van der Waals surface area contributed by atoms with E-state index in [1.165, 1.54) is 22.3 Å². The van der Waals surface area contributed by atoms with Gasteiger partial charge in [-0.2, -0.15) is 0 Å². The third-order valence-electron chi connectivity index (χ3n) is 6.67. The van der Waals surface area contributed by atoms with Crippen LogP contribution in [-0.2, 0) is 0 Å². The van der Waals surface area contributed by atoms with Crippen molar-refractivity contribution in [3.8, 4) is 22.3 Å². The molecule has 0 aliphatic rings. The minimum atomic E-state index is -2.92. The first kappa shape index (κ1) is 27.9. The average Bonchev–Trinajstić information content (AvgIpc) is 2.88. The van der Waals surface area contributed by atoms with Gasteiger partial charge in [-0.05, 0) is 34.4 Å². The second-order valence-electron chi connectivity index (χ2n) is 11.4. The van der Waals surface area contributed by atoms with Gasteiger partial charge in [-0.1, -0.05) is 72.8 Å². The van der Waals surface area contributed by atoms with Crippen molar-refractivity contribution >= 4 is 55.8 Å². The van der Waals surface area contributed by atoms with Crippen LogP contribution in [0.3, 0.4) is 0 Å². The van der Waals surface area contributed by atoms with Gasteiger partial charge < -0.3 is 0 Å². The van der Waals surface area contributed by atoms with Crippen molar-refractivity contribution < 1.29 is 0 Å². The molecule has 0 radical (unpaired) electrons. The van der Waals surface area contributed by atoms with E-state index >= 15 is 0 Å². The summed E-state index contributed by atoms with van der Waals surface area (Å²) in [5, 5.41) is 2.26. The third kappa shape index (κ3) is 5.82. The number of fused-ring (bicyclic) bond motifs is 3. The molecule has 0 unspecified atom stereocenters. The van der Waals surface area contributed by atoms with Crippen molar-refractivity contribution in [2.45, 2.75) is 48.4 Å². The molecule has 3 aromatic carbocycles. The van der Waals surface area contributed by atoms with Gasteiger partial charge in [0.2, 0.25) is 0 Å². The van der Waals surface area contributed by atoms with Crippen LogP contribution in [0.1, 0.15) is 41.5 Å². The van der Waals surface area contributed by atoms with Gasteiger partial charge in [-0.3, -0.25) is 9.97 Å². The van der Waals surface area contributed by atoms with Crippen LogP contribution < -0.4 is 0 Å². The van der Waals surface area contributed by atoms with E-state index in [-0.39, 0.29) is 6.86 Å². The second kappa shape index (κ2) is 10.9. The van der Waals surface area contributed by atoms with Crippen LogP contribution in [0.15, 0.2) is 97.3 Å². The molecule has 0 N–H and O–H groups in total. The molecule has 37 heavy (non-hydrogen) atoms. The van der Waals surface area contributed by atoms with Crippen molar-refractivity contribution in [3.05, 3.63) is 97.3 Å². The maximum Gasteiger partial charge on any atom is 0.0970 e. The van der Waals surface area contributed by atoms with Crippen LogP contribution in [0, 0.1) is 0 Å². The van der Waals surface area contributed by atoms with Crippen LogP contribution in [0.5, 0.6) is 0 Å². The third-order valence-corrected chi connectivity index (χ3v) is 32.6. The largest absolute Gasteiger partial charge is 0.254 e. The van der Waals surface area contributed by atoms with Gasteiger partial charge in [0.05, 0.1) is 11.0 Å². The topological polar surface area (TPSA) is 25.8 Å². The molecule has 5 rings (SSSR count). The molecule has 0 aliphatic carbocycles. The van der Waals surface area contributed by atoms with Crippen LogP contribution in [-0.4, -0.2) is 26.1 Å². The molecular weight excluding hydrogens is 602 g/mol. The van der Waals surface area contributed by atoms with E-state index in [9.17, 15) is 0 Å². The molecule has 0 atom stereocenters. The molecule has 0 amide bonds. The summed E-state index contributed by atoms with van der Waals surface area (Å²) in [6.07, 6.45) is 3.75. The minimum Gasteiger partial charge on any atom is -0.254 e. The molecule has 0 aliphatic heterocycles. The summed E-state index contributed by atoms with van der Waals surface area (Å²) >= 11 is -2.92. The normalized spacial score (nSPS) is 12.3. The maximum atomic E-state index is 6.46. The Morgan fingerprint density at radius 3 is 1.16 bits per heavy atom. The molecule has 0 spiro atoms. The van der Waals surface area contributed by atoms with Crippen molar-refractivity contribution in [1.82, 2.24) is 9.97 Å². The SMILES string of the molecule is C[C](C)(C)[Sn]([Cl])([Cl])[C](C)(C)C.c1ccc(-c2ccnc3c2ccc2c(-c4ccccc4)ccnc23)cc1. The van der Waals surface area contributed by atoms with Crippen LogP contribution in [0.2, 0.25) is 6.86 Å². The maximum absolute atomic E-state index is 6.46. The Morgan fingerprint density at radius 1 is 0.514 bits per heavy atom. The summed E-state index contributed by atoms with van der Waals surface area (Å²) in [5.74, 6) is 0. The molecule has 2 heterocycles. The zero-order valence-electron chi connectivity index (χ0n) is 22.4. The fraction of sp³-hybridized carbons (Fsp3) is 0.250. The molecular formula is C32H34Cl2N2Sn. The molecule has 0 fully saturated rings. The van der Waals surface area contributed by atoms with E-state index in [4.69, 9.17) is 17.8 Å². The quantitative estimate of drug-likeness (QED) is 0.142. The predicted molar refractivity (Wildman–Crippen MR) is 165 cm³/mol. The van der Waals surface area contributed by atoms with Gasteiger partial charge in [-0.25, -0.2) is 0 Å². The summed E-state index contributed by atoms with van der Waals surface area (Å²) in [7, 11) is 12.9. The summed E-state index contributed by atoms with van der Waals surface area (Å²) in [6, 6.07) is 29.3. The monoisotopic (exact) mass is 636 g/mol. The van der Waals surface area contributed by atoms with Gasteiger partial charge in [0.1, 0.15) is 0 Å². The second-order valence-corrected chi connectivity index (χ2v) is 32.1.